The standard InChI is InChI=1S/C23H21Cl2F2N3O2/c1-13-20(22(32)28-16-8-10-23(26,27)11-9-16)29-30(19-7-4-15(24)12-18(19)25)21(13)14-2-5-17(31)6-3-14/h2-7,12,16,31H,8-11H2,1H3,(H,28,32). The second-order valence-electron chi connectivity index (χ2n) is 7.98. The molecule has 0 unspecified atom stereocenters. The van der Waals surface area contributed by atoms with Crippen LogP contribution < -0.4 is 5.32 Å². The van der Waals surface area contributed by atoms with Crippen LogP contribution in [0.25, 0.3) is 16.9 Å². The topological polar surface area (TPSA) is 67.2 Å². The summed E-state index contributed by atoms with van der Waals surface area (Å²) >= 11 is 12.5. The summed E-state index contributed by atoms with van der Waals surface area (Å²) in [6.07, 6.45) is -0.0618. The summed E-state index contributed by atoms with van der Waals surface area (Å²) in [6.45, 7) is 1.76. The van der Waals surface area contributed by atoms with Gasteiger partial charge in [-0.2, -0.15) is 5.10 Å². The zero-order chi connectivity index (χ0) is 23.0. The lowest BCUT2D eigenvalue weighted by molar-refractivity contribution is -0.0399. The average Bonchev–Trinajstić information content (AvgIpc) is 3.07. The highest BCUT2D eigenvalue weighted by Crippen LogP contribution is 2.35. The number of hydrogen-bond acceptors (Lipinski definition) is 3. The van der Waals surface area contributed by atoms with Crippen LogP contribution in [0.5, 0.6) is 5.75 Å². The van der Waals surface area contributed by atoms with E-state index in [9.17, 15) is 18.7 Å². The van der Waals surface area contributed by atoms with Gasteiger partial charge in [0.1, 0.15) is 5.75 Å². The maximum absolute atomic E-state index is 13.5. The van der Waals surface area contributed by atoms with Crippen molar-refractivity contribution in [3.8, 4) is 22.7 Å². The van der Waals surface area contributed by atoms with Gasteiger partial charge in [-0.05, 0) is 62.2 Å². The molecule has 0 spiro atoms. The lowest BCUT2D eigenvalue weighted by Crippen LogP contribution is -2.40. The number of phenolic OH excluding ortho intramolecular Hbond substituents is 1. The first kappa shape index (κ1) is 22.6. The molecule has 2 N–H and O–H groups in total. The van der Waals surface area contributed by atoms with Crippen LogP contribution in [-0.4, -0.2) is 32.8 Å². The van der Waals surface area contributed by atoms with Gasteiger partial charge < -0.3 is 10.4 Å². The summed E-state index contributed by atoms with van der Waals surface area (Å²) in [6, 6.07) is 11.1. The van der Waals surface area contributed by atoms with E-state index in [0.29, 0.717) is 27.0 Å². The van der Waals surface area contributed by atoms with Crippen molar-refractivity contribution in [3.05, 3.63) is 63.8 Å². The molecule has 2 aromatic carbocycles. The van der Waals surface area contributed by atoms with Gasteiger partial charge in [0.05, 0.1) is 16.4 Å². The molecule has 32 heavy (non-hydrogen) atoms. The van der Waals surface area contributed by atoms with E-state index >= 15 is 0 Å². The van der Waals surface area contributed by atoms with E-state index in [1.54, 1.807) is 41.9 Å². The van der Waals surface area contributed by atoms with Gasteiger partial charge in [-0.3, -0.25) is 4.79 Å². The average molecular weight is 480 g/mol. The number of benzene rings is 2. The fraction of sp³-hybridized carbons (Fsp3) is 0.304. The number of nitrogens with one attached hydrogen (secondary N) is 1. The quantitative estimate of drug-likeness (QED) is 0.470. The number of alkyl halides is 2. The van der Waals surface area contributed by atoms with Crippen molar-refractivity contribution in [2.24, 2.45) is 0 Å². The van der Waals surface area contributed by atoms with Crippen LogP contribution in [-0.2, 0) is 0 Å². The van der Waals surface area contributed by atoms with Crippen molar-refractivity contribution in [3.63, 3.8) is 0 Å². The summed E-state index contributed by atoms with van der Waals surface area (Å²) in [4.78, 5) is 13.0. The third kappa shape index (κ3) is 4.59. The van der Waals surface area contributed by atoms with Crippen LogP contribution in [0.1, 0.15) is 41.7 Å². The number of aromatic hydroxyl groups is 1. The highest BCUT2D eigenvalue weighted by Gasteiger charge is 2.36. The van der Waals surface area contributed by atoms with Crippen molar-refractivity contribution >= 4 is 29.1 Å². The fourth-order valence-corrected chi connectivity index (χ4v) is 4.42. The largest absolute Gasteiger partial charge is 0.508 e. The Morgan fingerprint density at radius 3 is 2.44 bits per heavy atom. The summed E-state index contributed by atoms with van der Waals surface area (Å²) in [5.74, 6) is -2.99. The van der Waals surface area contributed by atoms with Gasteiger partial charge in [-0.15, -0.1) is 0 Å². The molecule has 4 rings (SSSR count). The van der Waals surface area contributed by atoms with Crippen molar-refractivity contribution in [2.75, 3.05) is 0 Å². The molecule has 1 amide bonds. The summed E-state index contributed by atoms with van der Waals surface area (Å²) in [7, 11) is 0. The van der Waals surface area contributed by atoms with E-state index in [1.807, 2.05) is 0 Å². The smallest absolute Gasteiger partial charge is 0.272 e. The van der Waals surface area contributed by atoms with Crippen LogP contribution in [0.3, 0.4) is 0 Å². The molecule has 3 aromatic rings. The Morgan fingerprint density at radius 2 is 1.81 bits per heavy atom. The first-order valence-corrected chi connectivity index (χ1v) is 10.9. The Balaban J connectivity index is 1.74. The number of phenols is 1. The second-order valence-corrected chi connectivity index (χ2v) is 8.82. The molecule has 1 aliphatic rings. The summed E-state index contributed by atoms with van der Waals surface area (Å²) < 4.78 is 28.5. The van der Waals surface area contributed by atoms with Crippen molar-refractivity contribution < 1.29 is 18.7 Å². The van der Waals surface area contributed by atoms with E-state index in [4.69, 9.17) is 23.2 Å². The van der Waals surface area contributed by atoms with E-state index in [2.05, 4.69) is 10.4 Å². The number of aromatic nitrogens is 2. The van der Waals surface area contributed by atoms with Gasteiger partial charge in [-0.1, -0.05) is 23.2 Å². The fourth-order valence-electron chi connectivity index (χ4n) is 3.94. The number of rotatable bonds is 4. The molecule has 1 aromatic heterocycles. The molecule has 1 heterocycles. The summed E-state index contributed by atoms with van der Waals surface area (Å²) in [5.41, 5.74) is 2.64. The van der Waals surface area contributed by atoms with E-state index in [0.717, 1.165) is 5.56 Å². The first-order chi connectivity index (χ1) is 15.1. The maximum atomic E-state index is 13.5. The van der Waals surface area contributed by atoms with E-state index in [-0.39, 0.29) is 43.2 Å². The Hall–Kier alpha value is -2.64. The van der Waals surface area contributed by atoms with E-state index < -0.39 is 11.8 Å². The van der Waals surface area contributed by atoms with Crippen LogP contribution in [0, 0.1) is 6.92 Å². The highest BCUT2D eigenvalue weighted by atomic mass is 35.5. The van der Waals surface area contributed by atoms with Gasteiger partial charge in [0.15, 0.2) is 5.69 Å². The molecule has 0 atom stereocenters. The van der Waals surface area contributed by atoms with Gasteiger partial charge in [0, 0.05) is 35.0 Å². The molecule has 1 saturated carbocycles. The predicted octanol–water partition coefficient (Wildman–Crippen LogP) is 6.17. The monoisotopic (exact) mass is 479 g/mol. The van der Waals surface area contributed by atoms with Crippen LogP contribution in [0.2, 0.25) is 10.0 Å². The molecule has 0 bridgehead atoms. The summed E-state index contributed by atoms with van der Waals surface area (Å²) in [5, 5.41) is 17.9. The predicted molar refractivity (Wildman–Crippen MR) is 120 cm³/mol. The van der Waals surface area contributed by atoms with Gasteiger partial charge in [0.25, 0.3) is 5.91 Å². The van der Waals surface area contributed by atoms with Gasteiger partial charge in [0.2, 0.25) is 5.92 Å². The Kier molecular flexibility index (Phi) is 6.14. The maximum Gasteiger partial charge on any atom is 0.272 e. The number of carbonyl (C=O) groups is 1. The lowest BCUT2D eigenvalue weighted by atomic mass is 9.92. The molecule has 5 nitrogen and oxygen atoms in total. The minimum Gasteiger partial charge on any atom is -0.508 e. The van der Waals surface area contributed by atoms with Crippen LogP contribution in [0.4, 0.5) is 8.78 Å². The van der Waals surface area contributed by atoms with Crippen LogP contribution in [0.15, 0.2) is 42.5 Å². The normalized spacial score (nSPS) is 16.2. The SMILES string of the molecule is Cc1c(C(=O)NC2CCC(F)(F)CC2)nn(-c2ccc(Cl)cc2Cl)c1-c1ccc(O)cc1. The van der Waals surface area contributed by atoms with Gasteiger partial charge in [-0.25, -0.2) is 13.5 Å². The molecule has 0 radical (unpaired) electrons. The third-order valence-electron chi connectivity index (χ3n) is 5.67. The molecule has 9 heteroatoms. The molecule has 1 fully saturated rings. The number of amides is 1. The number of halogens is 4. The second kappa shape index (κ2) is 8.71. The minimum atomic E-state index is -2.67. The van der Waals surface area contributed by atoms with Gasteiger partial charge >= 0.3 is 0 Å². The Morgan fingerprint density at radius 1 is 1.16 bits per heavy atom. The molecule has 1 aliphatic carbocycles. The van der Waals surface area contributed by atoms with Crippen molar-refractivity contribution in [2.45, 2.75) is 44.6 Å². The molecule has 0 saturated heterocycles. The lowest BCUT2D eigenvalue weighted by Gasteiger charge is -2.28. The molecule has 0 aliphatic heterocycles. The molecular formula is C23H21Cl2F2N3O2. The molecular weight excluding hydrogens is 459 g/mol. The Bertz CT molecular complexity index is 1150. The van der Waals surface area contributed by atoms with Crippen molar-refractivity contribution in [1.29, 1.82) is 0 Å². The first-order valence-electron chi connectivity index (χ1n) is 10.2. The zero-order valence-electron chi connectivity index (χ0n) is 17.2. The number of carbonyl (C=O) groups excluding carboxylic acids is 1. The Labute approximate surface area is 194 Å². The van der Waals surface area contributed by atoms with E-state index in [1.165, 1.54) is 12.1 Å². The van der Waals surface area contributed by atoms with Crippen molar-refractivity contribution in [1.82, 2.24) is 15.1 Å². The molecule has 168 valence electrons. The van der Waals surface area contributed by atoms with Crippen LogP contribution >= 0.6 is 23.2 Å². The third-order valence-corrected chi connectivity index (χ3v) is 6.21. The number of nitrogens with zero attached hydrogens (tertiary/aromatic N) is 2. The minimum absolute atomic E-state index is 0.106. The highest BCUT2D eigenvalue weighted by molar-refractivity contribution is 6.35. The zero-order valence-corrected chi connectivity index (χ0v) is 18.7. The number of hydrogen-bond donors (Lipinski definition) is 2.